The zero-order valence-corrected chi connectivity index (χ0v) is 19.9. The number of halogens is 1. The van der Waals surface area contributed by atoms with Crippen LogP contribution in [0.25, 0.3) is 0 Å². The number of ether oxygens (including phenoxy) is 1. The number of amides is 2. The molecule has 4 rings (SSSR count). The number of hydrogen-bond donors (Lipinski definition) is 3. The SMILES string of the molecule is C=CC(=O)Nc1cccc(Nc2ncc(Cl)c(Nc3ccccc3C(=O)C(=O)N3CCOCC3)n2)c1. The van der Waals surface area contributed by atoms with Crippen LogP contribution >= 0.6 is 11.6 Å². The number of nitrogens with one attached hydrogen (secondary N) is 3. The Morgan fingerprint density at radius 1 is 1.03 bits per heavy atom. The van der Waals surface area contributed by atoms with Crippen molar-refractivity contribution in [1.82, 2.24) is 14.9 Å². The second kappa shape index (κ2) is 11.4. The van der Waals surface area contributed by atoms with E-state index in [0.29, 0.717) is 43.4 Å². The number of benzene rings is 2. The molecule has 3 aromatic rings. The molecular formula is C25H23ClN6O4. The van der Waals surface area contributed by atoms with Crippen molar-refractivity contribution >= 4 is 58.0 Å². The summed E-state index contributed by atoms with van der Waals surface area (Å²) in [6, 6.07) is 13.6. The Balaban J connectivity index is 1.53. The Bertz CT molecular complexity index is 1310. The predicted octanol–water partition coefficient (Wildman–Crippen LogP) is 3.78. The quantitative estimate of drug-likeness (QED) is 0.239. The molecule has 184 valence electrons. The summed E-state index contributed by atoms with van der Waals surface area (Å²) in [5, 5.41) is 8.99. The third kappa shape index (κ3) is 6.04. The van der Waals surface area contributed by atoms with Crippen LogP contribution in [0.2, 0.25) is 5.02 Å². The minimum absolute atomic E-state index is 0.198. The molecule has 2 heterocycles. The van der Waals surface area contributed by atoms with Gasteiger partial charge in [0.1, 0.15) is 5.02 Å². The molecule has 0 unspecified atom stereocenters. The first-order chi connectivity index (χ1) is 17.4. The lowest BCUT2D eigenvalue weighted by Gasteiger charge is -2.26. The van der Waals surface area contributed by atoms with Gasteiger partial charge in [-0.05, 0) is 36.4 Å². The van der Waals surface area contributed by atoms with Crippen LogP contribution in [-0.4, -0.2) is 58.8 Å². The standard InChI is InChI=1S/C25H23ClN6O4/c1-2-21(33)28-16-6-5-7-17(14-16)29-25-27-15-19(26)23(31-25)30-20-9-4-3-8-18(20)22(34)24(35)32-10-12-36-13-11-32/h2-9,14-15H,1,10-13H2,(H,28,33)(H2,27,29,30,31). The molecule has 1 fully saturated rings. The highest BCUT2D eigenvalue weighted by molar-refractivity contribution is 6.44. The molecule has 36 heavy (non-hydrogen) atoms. The topological polar surface area (TPSA) is 126 Å². The number of aromatic nitrogens is 2. The summed E-state index contributed by atoms with van der Waals surface area (Å²) in [5.41, 5.74) is 1.76. The van der Waals surface area contributed by atoms with E-state index in [1.54, 1.807) is 48.5 Å². The first kappa shape index (κ1) is 24.8. The highest BCUT2D eigenvalue weighted by atomic mass is 35.5. The number of carbonyl (C=O) groups excluding carboxylic acids is 3. The molecule has 2 amide bonds. The van der Waals surface area contributed by atoms with Crippen LogP contribution in [0.15, 0.2) is 67.4 Å². The van der Waals surface area contributed by atoms with E-state index in [2.05, 4.69) is 32.5 Å². The number of rotatable bonds is 8. The fraction of sp³-hybridized carbons (Fsp3) is 0.160. The minimum Gasteiger partial charge on any atom is -0.378 e. The second-order valence-corrected chi connectivity index (χ2v) is 8.10. The number of hydrogen-bond acceptors (Lipinski definition) is 8. The largest absolute Gasteiger partial charge is 0.378 e. The summed E-state index contributed by atoms with van der Waals surface area (Å²) < 4.78 is 5.26. The van der Waals surface area contributed by atoms with Gasteiger partial charge in [-0.2, -0.15) is 4.98 Å². The summed E-state index contributed by atoms with van der Waals surface area (Å²) in [5.74, 6) is -1.10. The van der Waals surface area contributed by atoms with Crippen molar-refractivity contribution in [2.24, 2.45) is 0 Å². The molecule has 1 saturated heterocycles. The Hall–Kier alpha value is -4.28. The molecule has 0 atom stereocenters. The maximum absolute atomic E-state index is 13.0. The third-order valence-electron chi connectivity index (χ3n) is 5.23. The molecule has 0 spiro atoms. The fourth-order valence-electron chi connectivity index (χ4n) is 3.46. The lowest BCUT2D eigenvalue weighted by atomic mass is 10.1. The molecule has 1 aliphatic heterocycles. The van der Waals surface area contributed by atoms with E-state index in [4.69, 9.17) is 16.3 Å². The van der Waals surface area contributed by atoms with Crippen LogP contribution in [0, 0.1) is 0 Å². The van der Waals surface area contributed by atoms with Crippen molar-refractivity contribution in [3.63, 3.8) is 0 Å². The maximum atomic E-state index is 13.0. The zero-order chi connectivity index (χ0) is 25.5. The van der Waals surface area contributed by atoms with E-state index in [0.717, 1.165) is 0 Å². The molecule has 0 aliphatic carbocycles. The first-order valence-electron chi connectivity index (χ1n) is 11.0. The van der Waals surface area contributed by atoms with Crippen molar-refractivity contribution in [2.75, 3.05) is 42.3 Å². The Morgan fingerprint density at radius 3 is 2.56 bits per heavy atom. The van der Waals surface area contributed by atoms with Crippen LogP contribution in [-0.2, 0) is 14.3 Å². The number of nitrogens with zero attached hydrogens (tertiary/aromatic N) is 3. The van der Waals surface area contributed by atoms with Gasteiger partial charge in [0, 0.05) is 24.5 Å². The smallest absolute Gasteiger partial charge is 0.295 e. The molecule has 10 nitrogen and oxygen atoms in total. The average Bonchev–Trinajstić information content (AvgIpc) is 2.90. The van der Waals surface area contributed by atoms with Gasteiger partial charge < -0.3 is 25.6 Å². The average molecular weight is 507 g/mol. The van der Waals surface area contributed by atoms with Crippen molar-refractivity contribution in [3.8, 4) is 0 Å². The van der Waals surface area contributed by atoms with Gasteiger partial charge >= 0.3 is 0 Å². The first-order valence-corrected chi connectivity index (χ1v) is 11.4. The fourth-order valence-corrected chi connectivity index (χ4v) is 3.59. The second-order valence-electron chi connectivity index (χ2n) is 7.69. The van der Waals surface area contributed by atoms with Crippen LogP contribution in [0.5, 0.6) is 0 Å². The predicted molar refractivity (Wildman–Crippen MR) is 137 cm³/mol. The normalized spacial score (nSPS) is 13.0. The highest BCUT2D eigenvalue weighted by Crippen LogP contribution is 2.28. The van der Waals surface area contributed by atoms with Gasteiger partial charge in [-0.15, -0.1) is 0 Å². The van der Waals surface area contributed by atoms with Gasteiger partial charge in [-0.25, -0.2) is 4.98 Å². The van der Waals surface area contributed by atoms with Gasteiger partial charge in [0.05, 0.1) is 30.7 Å². The summed E-state index contributed by atoms with van der Waals surface area (Å²) in [6.45, 7) is 4.96. The zero-order valence-electron chi connectivity index (χ0n) is 19.2. The van der Waals surface area contributed by atoms with E-state index in [9.17, 15) is 14.4 Å². The Kier molecular flexibility index (Phi) is 7.89. The maximum Gasteiger partial charge on any atom is 0.295 e. The third-order valence-corrected chi connectivity index (χ3v) is 5.51. The Labute approximate surface area is 212 Å². The molecule has 0 radical (unpaired) electrons. The van der Waals surface area contributed by atoms with E-state index in [1.165, 1.54) is 17.2 Å². The monoisotopic (exact) mass is 506 g/mol. The Morgan fingerprint density at radius 2 is 1.78 bits per heavy atom. The molecule has 0 saturated carbocycles. The van der Waals surface area contributed by atoms with E-state index in [1.807, 2.05) is 0 Å². The van der Waals surface area contributed by atoms with Crippen molar-refractivity contribution < 1.29 is 19.1 Å². The van der Waals surface area contributed by atoms with Gasteiger partial charge in [0.15, 0.2) is 5.82 Å². The molecule has 1 aromatic heterocycles. The molecule has 11 heteroatoms. The van der Waals surface area contributed by atoms with Crippen LogP contribution in [0.3, 0.4) is 0 Å². The molecule has 0 bridgehead atoms. The lowest BCUT2D eigenvalue weighted by molar-refractivity contribution is -0.130. The van der Waals surface area contributed by atoms with Crippen molar-refractivity contribution in [2.45, 2.75) is 0 Å². The van der Waals surface area contributed by atoms with E-state index < -0.39 is 11.7 Å². The number of carbonyl (C=O) groups is 3. The van der Waals surface area contributed by atoms with Crippen LogP contribution in [0.1, 0.15) is 10.4 Å². The summed E-state index contributed by atoms with van der Waals surface area (Å²) >= 11 is 6.32. The number of para-hydroxylation sites is 1. The van der Waals surface area contributed by atoms with Crippen LogP contribution < -0.4 is 16.0 Å². The van der Waals surface area contributed by atoms with Crippen molar-refractivity contribution in [3.05, 3.63) is 78.0 Å². The van der Waals surface area contributed by atoms with E-state index in [-0.39, 0.29) is 28.3 Å². The summed E-state index contributed by atoms with van der Waals surface area (Å²) in [7, 11) is 0. The summed E-state index contributed by atoms with van der Waals surface area (Å²) in [4.78, 5) is 47.4. The summed E-state index contributed by atoms with van der Waals surface area (Å²) in [6.07, 6.45) is 2.59. The number of morpholine rings is 1. The number of anilines is 5. The lowest BCUT2D eigenvalue weighted by Crippen LogP contribution is -2.44. The van der Waals surface area contributed by atoms with Gasteiger partial charge in [0.25, 0.3) is 11.7 Å². The van der Waals surface area contributed by atoms with Crippen molar-refractivity contribution in [1.29, 1.82) is 0 Å². The number of ketones is 1. The molecular weight excluding hydrogens is 484 g/mol. The van der Waals surface area contributed by atoms with Gasteiger partial charge in [-0.1, -0.05) is 36.4 Å². The minimum atomic E-state index is -0.637. The van der Waals surface area contributed by atoms with E-state index >= 15 is 0 Å². The molecule has 2 aromatic carbocycles. The van der Waals surface area contributed by atoms with Crippen LogP contribution in [0.4, 0.5) is 28.8 Å². The number of Topliss-reactive ketones (excluding diaryl/α,β-unsaturated/α-hetero) is 1. The molecule has 3 N–H and O–H groups in total. The highest BCUT2D eigenvalue weighted by Gasteiger charge is 2.26. The molecule has 1 aliphatic rings. The van der Waals surface area contributed by atoms with Gasteiger partial charge in [0.2, 0.25) is 11.9 Å². The van der Waals surface area contributed by atoms with Gasteiger partial charge in [-0.3, -0.25) is 14.4 Å².